The number of fused-ring (bicyclic) bond motifs is 1. The van der Waals surface area contributed by atoms with Gasteiger partial charge in [0.25, 0.3) is 5.91 Å². The molecule has 3 rings (SSSR count). The van der Waals surface area contributed by atoms with Crippen molar-refractivity contribution in [3.8, 4) is 0 Å². The number of carbonyl (C=O) groups is 1. The SMILES string of the molecule is CS(=O)(=O)C1CSCCN1C(=O)c1csc2ccccc12. The van der Waals surface area contributed by atoms with Crippen LogP contribution >= 0.6 is 23.1 Å². The summed E-state index contributed by atoms with van der Waals surface area (Å²) in [5, 5.41) is 2.01. The molecule has 1 aromatic heterocycles. The molecular formula is C14H15NO3S3. The predicted octanol–water partition coefficient (Wildman–Crippen LogP) is 2.46. The van der Waals surface area contributed by atoms with Gasteiger partial charge >= 0.3 is 0 Å². The van der Waals surface area contributed by atoms with Crippen LogP contribution in [-0.4, -0.2) is 48.9 Å². The molecule has 1 atom stereocenters. The summed E-state index contributed by atoms with van der Waals surface area (Å²) in [5.74, 6) is 1.05. The summed E-state index contributed by atoms with van der Waals surface area (Å²) >= 11 is 3.09. The van der Waals surface area contributed by atoms with E-state index in [4.69, 9.17) is 0 Å². The molecule has 1 aliphatic heterocycles. The number of amides is 1. The van der Waals surface area contributed by atoms with Gasteiger partial charge in [-0.15, -0.1) is 11.3 Å². The molecule has 0 bridgehead atoms. The van der Waals surface area contributed by atoms with Crippen LogP contribution in [0.5, 0.6) is 0 Å². The van der Waals surface area contributed by atoms with Crippen LogP contribution in [-0.2, 0) is 9.84 Å². The predicted molar refractivity (Wildman–Crippen MR) is 88.8 cm³/mol. The summed E-state index contributed by atoms with van der Waals surface area (Å²) < 4.78 is 24.9. The molecule has 1 aliphatic rings. The molecule has 0 spiro atoms. The van der Waals surface area contributed by atoms with Gasteiger partial charge in [-0.1, -0.05) is 18.2 Å². The van der Waals surface area contributed by atoms with Gasteiger partial charge in [0.2, 0.25) is 0 Å². The third-order valence-corrected chi connectivity index (χ3v) is 7.16. The maximum Gasteiger partial charge on any atom is 0.256 e. The summed E-state index contributed by atoms with van der Waals surface area (Å²) in [6.07, 6.45) is 1.20. The fraction of sp³-hybridized carbons (Fsp3) is 0.357. The Morgan fingerprint density at radius 1 is 1.33 bits per heavy atom. The second-order valence-corrected chi connectivity index (χ2v) is 9.27. The van der Waals surface area contributed by atoms with Crippen LogP contribution in [0.15, 0.2) is 29.6 Å². The van der Waals surface area contributed by atoms with Crippen LogP contribution in [0.1, 0.15) is 10.4 Å². The van der Waals surface area contributed by atoms with Crippen molar-refractivity contribution in [1.82, 2.24) is 4.90 Å². The van der Waals surface area contributed by atoms with Gasteiger partial charge in [-0.2, -0.15) is 11.8 Å². The van der Waals surface area contributed by atoms with Crippen LogP contribution in [0.2, 0.25) is 0 Å². The van der Waals surface area contributed by atoms with Crippen LogP contribution in [0.25, 0.3) is 10.1 Å². The summed E-state index contributed by atoms with van der Waals surface area (Å²) in [5.41, 5.74) is 0.608. The van der Waals surface area contributed by atoms with Crippen molar-refractivity contribution in [3.05, 3.63) is 35.2 Å². The van der Waals surface area contributed by atoms with E-state index in [1.807, 2.05) is 29.6 Å². The van der Waals surface area contributed by atoms with E-state index in [1.54, 1.807) is 11.8 Å². The molecule has 2 heterocycles. The van der Waals surface area contributed by atoms with Gasteiger partial charge in [0, 0.05) is 39.8 Å². The second-order valence-electron chi connectivity index (χ2n) is 5.00. The number of rotatable bonds is 2. The Morgan fingerprint density at radius 2 is 2.10 bits per heavy atom. The second kappa shape index (κ2) is 5.62. The first-order valence-corrected chi connectivity index (χ1v) is 10.5. The first kappa shape index (κ1) is 14.9. The van der Waals surface area contributed by atoms with E-state index in [0.29, 0.717) is 17.9 Å². The number of benzene rings is 1. The van der Waals surface area contributed by atoms with Gasteiger partial charge in [0.05, 0.1) is 5.56 Å². The van der Waals surface area contributed by atoms with Crippen molar-refractivity contribution < 1.29 is 13.2 Å². The first-order valence-electron chi connectivity index (χ1n) is 6.52. The summed E-state index contributed by atoms with van der Waals surface area (Å²) in [4.78, 5) is 14.3. The number of thiophene rings is 1. The molecule has 1 unspecified atom stereocenters. The molecule has 4 nitrogen and oxygen atoms in total. The van der Waals surface area contributed by atoms with E-state index >= 15 is 0 Å². The highest BCUT2D eigenvalue weighted by molar-refractivity contribution is 8.00. The Bertz CT molecular complexity index is 782. The van der Waals surface area contributed by atoms with Crippen molar-refractivity contribution in [2.45, 2.75) is 5.37 Å². The lowest BCUT2D eigenvalue weighted by Gasteiger charge is -2.34. The number of thioether (sulfide) groups is 1. The highest BCUT2D eigenvalue weighted by Gasteiger charge is 2.35. The van der Waals surface area contributed by atoms with Crippen molar-refractivity contribution in [1.29, 1.82) is 0 Å². The molecule has 0 radical (unpaired) electrons. The standard InChI is InChI=1S/C14H15NO3S3/c1-21(17,18)13-9-19-7-6-15(13)14(16)11-8-20-12-5-3-2-4-10(11)12/h2-5,8,13H,6-7,9H2,1H3. The number of hydrogen-bond donors (Lipinski definition) is 0. The van der Waals surface area contributed by atoms with Gasteiger partial charge in [-0.05, 0) is 6.07 Å². The fourth-order valence-electron chi connectivity index (χ4n) is 2.47. The topological polar surface area (TPSA) is 54.5 Å². The van der Waals surface area contributed by atoms with E-state index in [9.17, 15) is 13.2 Å². The maximum atomic E-state index is 12.8. The normalized spacial score (nSPS) is 19.9. The molecule has 1 amide bonds. The zero-order valence-electron chi connectivity index (χ0n) is 11.5. The lowest BCUT2D eigenvalue weighted by atomic mass is 10.1. The van der Waals surface area contributed by atoms with Gasteiger partial charge in [-0.25, -0.2) is 8.42 Å². The Kier molecular flexibility index (Phi) is 3.98. The molecule has 112 valence electrons. The monoisotopic (exact) mass is 341 g/mol. The third kappa shape index (κ3) is 2.82. The highest BCUT2D eigenvalue weighted by atomic mass is 32.2. The van der Waals surface area contributed by atoms with Crippen LogP contribution in [0, 0.1) is 0 Å². The minimum atomic E-state index is -3.28. The Labute approximate surface area is 132 Å². The Morgan fingerprint density at radius 3 is 2.86 bits per heavy atom. The largest absolute Gasteiger partial charge is 0.320 e. The van der Waals surface area contributed by atoms with Gasteiger partial charge < -0.3 is 4.90 Å². The molecule has 0 saturated carbocycles. The van der Waals surface area contributed by atoms with Crippen LogP contribution in [0.4, 0.5) is 0 Å². The molecule has 1 fully saturated rings. The minimum Gasteiger partial charge on any atom is -0.320 e. The van der Waals surface area contributed by atoms with Crippen LogP contribution < -0.4 is 0 Å². The fourth-order valence-corrected chi connectivity index (χ4v) is 6.22. The molecule has 1 aromatic carbocycles. The molecular weight excluding hydrogens is 326 g/mol. The molecule has 2 aromatic rings. The number of hydrogen-bond acceptors (Lipinski definition) is 5. The molecule has 0 aliphatic carbocycles. The van der Waals surface area contributed by atoms with Gasteiger partial charge in [0.1, 0.15) is 5.37 Å². The smallest absolute Gasteiger partial charge is 0.256 e. The Balaban J connectivity index is 2.00. The average molecular weight is 341 g/mol. The van der Waals surface area contributed by atoms with Gasteiger partial charge in [0.15, 0.2) is 9.84 Å². The van der Waals surface area contributed by atoms with Crippen molar-refractivity contribution in [3.63, 3.8) is 0 Å². The number of carbonyl (C=O) groups excluding carboxylic acids is 1. The Hall–Kier alpha value is -1.05. The number of nitrogens with zero attached hydrogens (tertiary/aromatic N) is 1. The lowest BCUT2D eigenvalue weighted by molar-refractivity contribution is 0.0752. The minimum absolute atomic E-state index is 0.178. The average Bonchev–Trinajstić information content (AvgIpc) is 2.89. The zero-order valence-corrected chi connectivity index (χ0v) is 13.9. The lowest BCUT2D eigenvalue weighted by Crippen LogP contribution is -2.49. The van der Waals surface area contributed by atoms with E-state index in [1.165, 1.54) is 22.5 Å². The van der Waals surface area contributed by atoms with E-state index in [0.717, 1.165) is 15.8 Å². The first-order chi connectivity index (χ1) is 9.98. The van der Waals surface area contributed by atoms with Crippen molar-refractivity contribution >= 4 is 48.9 Å². The van der Waals surface area contributed by atoms with Crippen molar-refractivity contribution in [2.24, 2.45) is 0 Å². The molecule has 21 heavy (non-hydrogen) atoms. The van der Waals surface area contributed by atoms with E-state index in [-0.39, 0.29) is 5.91 Å². The molecule has 7 heteroatoms. The van der Waals surface area contributed by atoms with E-state index in [2.05, 4.69) is 0 Å². The van der Waals surface area contributed by atoms with E-state index < -0.39 is 15.2 Å². The maximum absolute atomic E-state index is 12.8. The number of sulfone groups is 1. The third-order valence-electron chi connectivity index (χ3n) is 3.55. The van der Waals surface area contributed by atoms with Gasteiger partial charge in [-0.3, -0.25) is 4.79 Å². The highest BCUT2D eigenvalue weighted by Crippen LogP contribution is 2.29. The summed E-state index contributed by atoms with van der Waals surface area (Å²) in [7, 11) is -3.28. The van der Waals surface area contributed by atoms with Crippen LogP contribution in [0.3, 0.4) is 0 Å². The summed E-state index contributed by atoms with van der Waals surface area (Å²) in [6.45, 7) is 0.478. The summed E-state index contributed by atoms with van der Waals surface area (Å²) in [6, 6.07) is 7.71. The quantitative estimate of drug-likeness (QED) is 0.842. The molecule has 0 N–H and O–H groups in total. The molecule has 1 saturated heterocycles. The zero-order chi connectivity index (χ0) is 15.0. The van der Waals surface area contributed by atoms with Crippen molar-refractivity contribution in [2.75, 3.05) is 24.3 Å².